The topological polar surface area (TPSA) is 42.0 Å². The van der Waals surface area contributed by atoms with Crippen LogP contribution in [-0.2, 0) is 11.3 Å². The second kappa shape index (κ2) is 8.12. The number of hydrogen-bond acceptors (Lipinski definition) is 5. The van der Waals surface area contributed by atoms with E-state index in [1.807, 2.05) is 41.3 Å². The van der Waals surface area contributed by atoms with E-state index >= 15 is 0 Å². The molecule has 2 aliphatic rings. The van der Waals surface area contributed by atoms with E-state index in [0.717, 1.165) is 47.4 Å². The molecule has 2 aliphatic heterocycles. The SMILES string of the molecule is COc1cccc(SN2CCC(N3C(=O)OCc4cc(Br)ccc43)CC2)c1. The van der Waals surface area contributed by atoms with Gasteiger partial charge in [-0.1, -0.05) is 22.0 Å². The van der Waals surface area contributed by atoms with Gasteiger partial charge in [-0.2, -0.15) is 0 Å². The van der Waals surface area contributed by atoms with Crippen molar-refractivity contribution in [1.29, 1.82) is 0 Å². The lowest BCUT2D eigenvalue weighted by molar-refractivity contribution is 0.136. The van der Waals surface area contributed by atoms with Gasteiger partial charge in [0.15, 0.2) is 0 Å². The molecule has 2 heterocycles. The van der Waals surface area contributed by atoms with Crippen molar-refractivity contribution in [2.45, 2.75) is 30.4 Å². The lowest BCUT2D eigenvalue weighted by atomic mass is 10.0. The largest absolute Gasteiger partial charge is 0.497 e. The molecule has 0 saturated carbocycles. The van der Waals surface area contributed by atoms with E-state index in [2.05, 4.69) is 26.3 Å². The number of rotatable bonds is 4. The summed E-state index contributed by atoms with van der Waals surface area (Å²) in [5.74, 6) is 0.869. The number of carbonyl (C=O) groups is 1. The molecule has 1 saturated heterocycles. The molecule has 2 aromatic carbocycles. The van der Waals surface area contributed by atoms with Crippen molar-refractivity contribution in [3.63, 3.8) is 0 Å². The molecule has 0 N–H and O–H groups in total. The van der Waals surface area contributed by atoms with Crippen LogP contribution in [0, 0.1) is 0 Å². The first-order valence-corrected chi connectivity index (χ1v) is 10.5. The third-order valence-electron chi connectivity index (χ3n) is 4.91. The van der Waals surface area contributed by atoms with Gasteiger partial charge in [-0.25, -0.2) is 9.10 Å². The van der Waals surface area contributed by atoms with Crippen molar-refractivity contribution in [3.8, 4) is 5.75 Å². The minimum atomic E-state index is -0.233. The van der Waals surface area contributed by atoms with Crippen molar-refractivity contribution in [3.05, 3.63) is 52.5 Å². The lowest BCUT2D eigenvalue weighted by Gasteiger charge is -2.39. The molecule has 0 aliphatic carbocycles. The van der Waals surface area contributed by atoms with Gasteiger partial charge in [-0.3, -0.25) is 4.90 Å². The van der Waals surface area contributed by atoms with Gasteiger partial charge in [0.2, 0.25) is 0 Å². The van der Waals surface area contributed by atoms with Crippen molar-refractivity contribution in [1.82, 2.24) is 4.31 Å². The molecule has 142 valence electrons. The summed E-state index contributed by atoms with van der Waals surface area (Å²) >= 11 is 5.24. The van der Waals surface area contributed by atoms with Crippen LogP contribution >= 0.6 is 27.9 Å². The first-order chi connectivity index (χ1) is 13.1. The minimum absolute atomic E-state index is 0.167. The van der Waals surface area contributed by atoms with E-state index < -0.39 is 0 Å². The second-order valence-electron chi connectivity index (χ2n) is 6.63. The number of anilines is 1. The normalized spacial score (nSPS) is 18.1. The molecule has 0 aromatic heterocycles. The Kier molecular flexibility index (Phi) is 5.61. The van der Waals surface area contributed by atoms with Crippen LogP contribution < -0.4 is 9.64 Å². The Balaban J connectivity index is 1.42. The molecule has 1 fully saturated rings. The molecule has 0 atom stereocenters. The van der Waals surface area contributed by atoms with Gasteiger partial charge in [-0.15, -0.1) is 0 Å². The predicted molar refractivity (Wildman–Crippen MR) is 110 cm³/mol. The summed E-state index contributed by atoms with van der Waals surface area (Å²) < 4.78 is 14.1. The van der Waals surface area contributed by atoms with Gasteiger partial charge >= 0.3 is 6.09 Å². The zero-order chi connectivity index (χ0) is 18.8. The Labute approximate surface area is 171 Å². The van der Waals surface area contributed by atoms with Gasteiger partial charge in [0.25, 0.3) is 0 Å². The number of benzene rings is 2. The van der Waals surface area contributed by atoms with Crippen molar-refractivity contribution < 1.29 is 14.3 Å². The number of carbonyl (C=O) groups excluding carboxylic acids is 1. The summed E-state index contributed by atoms with van der Waals surface area (Å²) in [6.45, 7) is 2.18. The number of halogens is 1. The molecule has 0 bridgehead atoms. The molecular weight excluding hydrogens is 428 g/mol. The lowest BCUT2D eigenvalue weighted by Crippen LogP contribution is -2.48. The highest BCUT2D eigenvalue weighted by atomic mass is 79.9. The number of hydrogen-bond donors (Lipinski definition) is 0. The molecular formula is C20H21BrN2O3S. The standard InChI is InChI=1S/C20H21BrN2O3S/c1-25-17-3-2-4-18(12-17)27-22-9-7-16(8-10-22)23-19-6-5-15(21)11-14(19)13-26-20(23)24/h2-6,11-12,16H,7-10,13H2,1H3. The number of piperidine rings is 1. The molecule has 0 unspecified atom stereocenters. The number of amides is 1. The third-order valence-corrected chi connectivity index (χ3v) is 6.49. The van der Waals surface area contributed by atoms with Crippen LogP contribution in [0.15, 0.2) is 51.8 Å². The van der Waals surface area contributed by atoms with Gasteiger partial charge in [0, 0.05) is 34.1 Å². The molecule has 0 radical (unpaired) electrons. The zero-order valence-corrected chi connectivity index (χ0v) is 17.5. The average molecular weight is 449 g/mol. The first-order valence-electron chi connectivity index (χ1n) is 8.95. The van der Waals surface area contributed by atoms with E-state index in [9.17, 15) is 4.79 Å². The zero-order valence-electron chi connectivity index (χ0n) is 15.1. The van der Waals surface area contributed by atoms with Crippen LogP contribution in [0.2, 0.25) is 0 Å². The Morgan fingerprint density at radius 3 is 2.78 bits per heavy atom. The Bertz CT molecular complexity index is 840. The Morgan fingerprint density at radius 2 is 2.00 bits per heavy atom. The number of cyclic esters (lactones) is 1. The van der Waals surface area contributed by atoms with E-state index in [0.29, 0.717) is 6.61 Å². The number of methoxy groups -OCH3 is 1. The molecule has 5 nitrogen and oxygen atoms in total. The Morgan fingerprint density at radius 1 is 1.19 bits per heavy atom. The van der Waals surface area contributed by atoms with Gasteiger partial charge < -0.3 is 9.47 Å². The minimum Gasteiger partial charge on any atom is -0.497 e. The van der Waals surface area contributed by atoms with Gasteiger partial charge in [-0.05, 0) is 61.2 Å². The maximum atomic E-state index is 12.4. The van der Waals surface area contributed by atoms with Gasteiger partial charge in [0.1, 0.15) is 12.4 Å². The third kappa shape index (κ3) is 4.10. The van der Waals surface area contributed by atoms with Crippen molar-refractivity contribution >= 4 is 39.7 Å². The summed E-state index contributed by atoms with van der Waals surface area (Å²) in [7, 11) is 1.68. The van der Waals surface area contributed by atoms with Crippen LogP contribution in [-0.4, -0.2) is 36.6 Å². The molecule has 7 heteroatoms. The summed E-state index contributed by atoms with van der Waals surface area (Å²) in [6.07, 6.45) is 1.60. The van der Waals surface area contributed by atoms with Crippen LogP contribution in [0.5, 0.6) is 5.75 Å². The molecule has 1 amide bonds. The number of ether oxygens (including phenoxy) is 2. The smallest absolute Gasteiger partial charge is 0.414 e. The maximum absolute atomic E-state index is 12.4. The summed E-state index contributed by atoms with van der Waals surface area (Å²) in [5, 5.41) is 0. The van der Waals surface area contributed by atoms with Crippen LogP contribution in [0.1, 0.15) is 18.4 Å². The van der Waals surface area contributed by atoms with Crippen LogP contribution in [0.25, 0.3) is 0 Å². The highest BCUT2D eigenvalue weighted by molar-refractivity contribution is 9.10. The van der Waals surface area contributed by atoms with E-state index in [-0.39, 0.29) is 12.1 Å². The fourth-order valence-electron chi connectivity index (χ4n) is 3.56. The van der Waals surface area contributed by atoms with E-state index in [1.54, 1.807) is 19.1 Å². The summed E-state index contributed by atoms with van der Waals surface area (Å²) in [5.41, 5.74) is 2.03. The number of fused-ring (bicyclic) bond motifs is 1. The maximum Gasteiger partial charge on any atom is 0.414 e. The Hall–Kier alpha value is -1.70. The highest BCUT2D eigenvalue weighted by Crippen LogP contribution is 2.35. The van der Waals surface area contributed by atoms with Crippen molar-refractivity contribution in [2.75, 3.05) is 25.1 Å². The quantitative estimate of drug-likeness (QED) is 0.609. The predicted octanol–water partition coefficient (Wildman–Crippen LogP) is 5.09. The second-order valence-corrected chi connectivity index (χ2v) is 8.71. The van der Waals surface area contributed by atoms with E-state index in [1.165, 1.54) is 4.90 Å². The number of nitrogens with zero attached hydrogens (tertiary/aromatic N) is 2. The molecule has 27 heavy (non-hydrogen) atoms. The molecule has 4 rings (SSSR count). The van der Waals surface area contributed by atoms with E-state index in [4.69, 9.17) is 9.47 Å². The fourth-order valence-corrected chi connectivity index (χ4v) is 4.96. The summed E-state index contributed by atoms with van der Waals surface area (Å²) in [4.78, 5) is 15.5. The van der Waals surface area contributed by atoms with Crippen LogP contribution in [0.4, 0.5) is 10.5 Å². The highest BCUT2D eigenvalue weighted by Gasteiger charge is 2.34. The summed E-state index contributed by atoms with van der Waals surface area (Å²) in [6, 6.07) is 14.3. The van der Waals surface area contributed by atoms with Crippen molar-refractivity contribution in [2.24, 2.45) is 0 Å². The van der Waals surface area contributed by atoms with Crippen LogP contribution in [0.3, 0.4) is 0 Å². The molecule has 2 aromatic rings. The monoisotopic (exact) mass is 448 g/mol. The average Bonchev–Trinajstić information content (AvgIpc) is 2.69. The fraction of sp³-hybridized carbons (Fsp3) is 0.350. The first kappa shape index (κ1) is 18.7. The molecule has 0 spiro atoms. The van der Waals surface area contributed by atoms with Gasteiger partial charge in [0.05, 0.1) is 12.8 Å².